The molecule has 0 fully saturated rings. The maximum Gasteiger partial charge on any atom is 0.390 e. The second kappa shape index (κ2) is 8.56. The summed E-state index contributed by atoms with van der Waals surface area (Å²) in [5, 5.41) is 27.8. The lowest BCUT2D eigenvalue weighted by Crippen LogP contribution is -2.36. The number of nitriles is 3. The van der Waals surface area contributed by atoms with Crippen LogP contribution in [0.1, 0.15) is 39.5 Å². The van der Waals surface area contributed by atoms with Gasteiger partial charge in [-0.2, -0.15) is 42.1 Å². The summed E-state index contributed by atoms with van der Waals surface area (Å²) < 4.78 is 76.1. The van der Waals surface area contributed by atoms with Crippen molar-refractivity contribution in [1.29, 1.82) is 15.8 Å². The number of hydrogen-bond donors (Lipinski definition) is 0. The summed E-state index contributed by atoms with van der Waals surface area (Å²) in [7, 11) is 0. The van der Waals surface area contributed by atoms with E-state index in [9.17, 15) is 31.6 Å². The Morgan fingerprint density at radius 3 is 1.75 bits per heavy atom. The summed E-state index contributed by atoms with van der Waals surface area (Å²) in [6, 6.07) is 5.08. The van der Waals surface area contributed by atoms with Crippen LogP contribution in [0.3, 0.4) is 0 Å². The molecule has 0 bridgehead atoms. The van der Waals surface area contributed by atoms with Crippen LogP contribution in [0.15, 0.2) is 22.4 Å². The van der Waals surface area contributed by atoms with Crippen LogP contribution < -0.4 is 0 Å². The summed E-state index contributed by atoms with van der Waals surface area (Å²) in [4.78, 5) is 0.910. The van der Waals surface area contributed by atoms with Gasteiger partial charge in [0.2, 0.25) is 0 Å². The molecular formula is C18H18F6N4. The third-order valence-corrected chi connectivity index (χ3v) is 4.24. The molecule has 0 saturated heterocycles. The van der Waals surface area contributed by atoms with Crippen molar-refractivity contribution in [1.82, 2.24) is 4.90 Å². The lowest BCUT2D eigenvalue weighted by molar-refractivity contribution is -0.144. The predicted molar refractivity (Wildman–Crippen MR) is 86.8 cm³/mol. The molecule has 0 aromatic heterocycles. The Bertz CT molecular complexity index is 747. The number of allylic oxidation sites excluding steroid dienone is 4. The van der Waals surface area contributed by atoms with E-state index in [0.29, 0.717) is 0 Å². The van der Waals surface area contributed by atoms with Gasteiger partial charge in [-0.25, -0.2) is 0 Å². The second-order valence-corrected chi connectivity index (χ2v) is 7.25. The highest BCUT2D eigenvalue weighted by Crippen LogP contribution is 2.44. The molecule has 0 aromatic carbocycles. The molecule has 0 N–H and O–H groups in total. The zero-order chi connectivity index (χ0) is 21.8. The molecule has 1 rings (SSSR count). The van der Waals surface area contributed by atoms with Crippen molar-refractivity contribution in [3.8, 4) is 18.2 Å². The minimum absolute atomic E-state index is 0.00486. The summed E-state index contributed by atoms with van der Waals surface area (Å²) in [5.74, 6) is 0. The minimum Gasteiger partial charge on any atom is -0.373 e. The SMILES string of the molecule is CC1(C)CC(=C(C#N)C#N)C(C#N)=C(N(CCC(F)(F)F)CCC(F)(F)F)C1. The highest BCUT2D eigenvalue weighted by atomic mass is 19.4. The van der Waals surface area contributed by atoms with Crippen LogP contribution in [0.5, 0.6) is 0 Å². The fourth-order valence-corrected chi connectivity index (χ4v) is 3.03. The van der Waals surface area contributed by atoms with Gasteiger partial charge in [-0.05, 0) is 18.3 Å². The van der Waals surface area contributed by atoms with E-state index < -0.39 is 43.7 Å². The van der Waals surface area contributed by atoms with Crippen molar-refractivity contribution in [3.63, 3.8) is 0 Å². The number of nitrogens with zero attached hydrogens (tertiary/aromatic N) is 4. The van der Waals surface area contributed by atoms with Crippen LogP contribution in [0.2, 0.25) is 0 Å². The average Bonchev–Trinajstić information content (AvgIpc) is 2.53. The zero-order valence-electron chi connectivity index (χ0n) is 15.3. The second-order valence-electron chi connectivity index (χ2n) is 7.25. The van der Waals surface area contributed by atoms with Crippen LogP contribution in [0, 0.1) is 39.4 Å². The highest BCUT2D eigenvalue weighted by molar-refractivity contribution is 5.57. The maximum atomic E-state index is 12.7. The highest BCUT2D eigenvalue weighted by Gasteiger charge is 2.37. The molecule has 0 aromatic rings. The Morgan fingerprint density at radius 1 is 0.929 bits per heavy atom. The number of hydrogen-bond acceptors (Lipinski definition) is 4. The van der Waals surface area contributed by atoms with Gasteiger partial charge in [0.05, 0.1) is 18.4 Å². The van der Waals surface area contributed by atoms with E-state index in [-0.39, 0.29) is 35.3 Å². The summed E-state index contributed by atoms with van der Waals surface area (Å²) >= 11 is 0. The van der Waals surface area contributed by atoms with Gasteiger partial charge >= 0.3 is 12.4 Å². The van der Waals surface area contributed by atoms with Gasteiger partial charge in [0.15, 0.2) is 0 Å². The number of halogens is 6. The van der Waals surface area contributed by atoms with E-state index in [2.05, 4.69) is 0 Å². The molecule has 0 saturated carbocycles. The quantitative estimate of drug-likeness (QED) is 0.470. The van der Waals surface area contributed by atoms with Crippen LogP contribution in [-0.4, -0.2) is 30.3 Å². The first kappa shape index (κ1) is 23.4. The molecule has 0 spiro atoms. The number of alkyl halides is 6. The van der Waals surface area contributed by atoms with Crippen LogP contribution >= 0.6 is 0 Å². The molecule has 0 aliphatic heterocycles. The molecule has 10 heteroatoms. The van der Waals surface area contributed by atoms with Gasteiger partial charge < -0.3 is 4.90 Å². The Morgan fingerprint density at radius 2 is 1.39 bits per heavy atom. The Balaban J connectivity index is 3.51. The molecule has 1 aliphatic carbocycles. The monoisotopic (exact) mass is 404 g/mol. The first-order chi connectivity index (χ1) is 12.7. The molecule has 152 valence electrons. The van der Waals surface area contributed by atoms with Crippen molar-refractivity contribution in [2.24, 2.45) is 5.41 Å². The normalized spacial score (nSPS) is 16.8. The van der Waals surface area contributed by atoms with E-state index in [1.165, 1.54) is 0 Å². The van der Waals surface area contributed by atoms with E-state index in [1.54, 1.807) is 32.1 Å². The average molecular weight is 404 g/mol. The van der Waals surface area contributed by atoms with Gasteiger partial charge in [0, 0.05) is 24.4 Å². The smallest absolute Gasteiger partial charge is 0.373 e. The molecule has 28 heavy (non-hydrogen) atoms. The van der Waals surface area contributed by atoms with Gasteiger partial charge in [-0.1, -0.05) is 13.8 Å². The molecular weight excluding hydrogens is 386 g/mol. The van der Waals surface area contributed by atoms with Crippen molar-refractivity contribution < 1.29 is 26.3 Å². The zero-order valence-corrected chi connectivity index (χ0v) is 15.3. The Hall–Kier alpha value is -2.67. The van der Waals surface area contributed by atoms with Crippen molar-refractivity contribution in [3.05, 3.63) is 22.4 Å². The Kier molecular flexibility index (Phi) is 7.15. The van der Waals surface area contributed by atoms with Gasteiger partial charge in [0.25, 0.3) is 0 Å². The molecule has 1 aliphatic rings. The topological polar surface area (TPSA) is 74.6 Å². The fourth-order valence-electron chi connectivity index (χ4n) is 3.03. The third kappa shape index (κ3) is 6.81. The van der Waals surface area contributed by atoms with Crippen LogP contribution in [0.25, 0.3) is 0 Å². The molecule has 0 radical (unpaired) electrons. The van der Waals surface area contributed by atoms with E-state index in [1.807, 2.05) is 0 Å². The van der Waals surface area contributed by atoms with Crippen molar-refractivity contribution in [2.45, 2.75) is 51.9 Å². The van der Waals surface area contributed by atoms with Gasteiger partial charge in [-0.3, -0.25) is 0 Å². The van der Waals surface area contributed by atoms with Crippen LogP contribution in [0.4, 0.5) is 26.3 Å². The summed E-state index contributed by atoms with van der Waals surface area (Å²) in [6.45, 7) is 1.91. The van der Waals surface area contributed by atoms with E-state index >= 15 is 0 Å². The first-order valence-corrected chi connectivity index (χ1v) is 8.28. The molecule has 0 atom stereocenters. The molecule has 0 amide bonds. The lowest BCUT2D eigenvalue weighted by atomic mass is 9.72. The molecule has 4 nitrogen and oxygen atoms in total. The van der Waals surface area contributed by atoms with Crippen molar-refractivity contribution >= 4 is 0 Å². The summed E-state index contributed by atoms with van der Waals surface area (Å²) in [5.41, 5.74) is -1.15. The third-order valence-electron chi connectivity index (χ3n) is 4.24. The first-order valence-electron chi connectivity index (χ1n) is 8.28. The largest absolute Gasteiger partial charge is 0.390 e. The standard InChI is InChI=1S/C18H18F6N4/c1-16(2)7-13(12(9-25)10-26)14(11-27)15(8-16)28(5-3-17(19,20)21)6-4-18(22,23)24/h3-8H2,1-2H3. The minimum atomic E-state index is -4.59. The van der Waals surface area contributed by atoms with E-state index in [4.69, 9.17) is 10.5 Å². The molecule has 0 heterocycles. The van der Waals surface area contributed by atoms with E-state index in [0.717, 1.165) is 4.90 Å². The fraction of sp³-hybridized carbons (Fsp3) is 0.611. The van der Waals surface area contributed by atoms with Gasteiger partial charge in [-0.15, -0.1) is 0 Å². The maximum absolute atomic E-state index is 12.7. The molecule has 0 unspecified atom stereocenters. The lowest BCUT2D eigenvalue weighted by Gasteiger charge is -2.39. The van der Waals surface area contributed by atoms with Crippen LogP contribution in [-0.2, 0) is 0 Å². The Labute approximate surface area is 158 Å². The summed E-state index contributed by atoms with van der Waals surface area (Å²) in [6.07, 6.45) is -11.7. The van der Waals surface area contributed by atoms with Crippen molar-refractivity contribution in [2.75, 3.05) is 13.1 Å². The number of rotatable bonds is 5. The predicted octanol–water partition coefficient (Wildman–Crippen LogP) is 5.13. The van der Waals surface area contributed by atoms with Gasteiger partial charge in [0.1, 0.15) is 23.8 Å².